The van der Waals surface area contributed by atoms with Gasteiger partial charge >= 0.3 is 0 Å². The van der Waals surface area contributed by atoms with Gasteiger partial charge in [0.15, 0.2) is 0 Å². The summed E-state index contributed by atoms with van der Waals surface area (Å²) in [7, 11) is 0. The maximum Gasteiger partial charge on any atom is 0.128 e. The van der Waals surface area contributed by atoms with Crippen LogP contribution in [0.1, 0.15) is 19.4 Å². The van der Waals surface area contributed by atoms with E-state index < -0.39 is 0 Å². The number of ether oxygens (including phenoxy) is 2. The fourth-order valence-corrected chi connectivity index (χ4v) is 2.87. The first-order chi connectivity index (χ1) is 9.11. The molecule has 3 nitrogen and oxygen atoms in total. The Hall–Kier alpha value is -0.710. The van der Waals surface area contributed by atoms with Crippen LogP contribution in [0.2, 0.25) is 0 Å². The molecule has 0 saturated carbocycles. The van der Waals surface area contributed by atoms with E-state index in [1.807, 2.05) is 32.0 Å². The number of benzene rings is 1. The summed E-state index contributed by atoms with van der Waals surface area (Å²) in [4.78, 5) is 11.1. The van der Waals surface area contributed by atoms with Gasteiger partial charge in [-0.1, -0.05) is 34.1 Å². The van der Waals surface area contributed by atoms with Crippen molar-refractivity contribution in [2.45, 2.75) is 38.6 Å². The van der Waals surface area contributed by atoms with Crippen LogP contribution in [0.25, 0.3) is 0 Å². The lowest BCUT2D eigenvalue weighted by molar-refractivity contribution is -0.118. The van der Waals surface area contributed by atoms with Gasteiger partial charge < -0.3 is 14.3 Å². The summed E-state index contributed by atoms with van der Waals surface area (Å²) >= 11 is 3.54. The molecule has 0 bridgehead atoms. The van der Waals surface area contributed by atoms with Crippen LogP contribution in [0.15, 0.2) is 28.7 Å². The molecule has 19 heavy (non-hydrogen) atoms. The van der Waals surface area contributed by atoms with Crippen LogP contribution in [0.3, 0.4) is 0 Å². The fraction of sp³-hybridized carbons (Fsp3) is 0.533. The fourth-order valence-electron chi connectivity index (χ4n) is 2.42. The van der Waals surface area contributed by atoms with Gasteiger partial charge in [-0.05, 0) is 25.5 Å². The number of rotatable bonds is 3. The van der Waals surface area contributed by atoms with Gasteiger partial charge in [0.25, 0.3) is 0 Å². The quantitative estimate of drug-likeness (QED) is 0.801. The first-order valence-electron chi connectivity index (χ1n) is 6.57. The molecule has 1 saturated heterocycles. The van der Waals surface area contributed by atoms with Crippen LogP contribution < -0.4 is 0 Å². The average Bonchev–Trinajstić information content (AvgIpc) is 2.51. The Morgan fingerprint density at radius 3 is 2.74 bits per heavy atom. The van der Waals surface area contributed by atoms with Crippen molar-refractivity contribution in [1.82, 2.24) is 0 Å². The lowest BCUT2D eigenvalue weighted by Crippen LogP contribution is -2.31. The number of hydrogen-bond acceptors (Lipinski definition) is 3. The van der Waals surface area contributed by atoms with Crippen LogP contribution in [-0.2, 0) is 20.7 Å². The van der Waals surface area contributed by atoms with Crippen LogP contribution in [0.5, 0.6) is 0 Å². The molecule has 0 amide bonds. The van der Waals surface area contributed by atoms with Crippen molar-refractivity contribution >= 4 is 22.2 Å². The lowest BCUT2D eigenvalue weighted by Gasteiger charge is -2.21. The summed E-state index contributed by atoms with van der Waals surface area (Å²) in [6.45, 7) is 4.40. The standard InChI is InChI=1S/C15H19BrO3/c1-10-14(8-17)11(2)19-13(9-18-10)7-12-5-3-4-6-15(12)16/h3-6,8,10-11,13-14H,7,9H2,1-2H3. The predicted molar refractivity (Wildman–Crippen MR) is 77.1 cm³/mol. The van der Waals surface area contributed by atoms with E-state index in [0.29, 0.717) is 6.61 Å². The van der Waals surface area contributed by atoms with Crippen LogP contribution in [0.4, 0.5) is 0 Å². The molecule has 1 fully saturated rings. The van der Waals surface area contributed by atoms with Crippen molar-refractivity contribution < 1.29 is 14.3 Å². The highest BCUT2D eigenvalue weighted by Crippen LogP contribution is 2.24. The van der Waals surface area contributed by atoms with Gasteiger partial charge in [-0.15, -0.1) is 0 Å². The molecule has 0 N–H and O–H groups in total. The zero-order valence-corrected chi connectivity index (χ0v) is 12.8. The molecule has 0 spiro atoms. The van der Waals surface area contributed by atoms with E-state index in [0.717, 1.165) is 17.2 Å². The molecule has 4 atom stereocenters. The highest BCUT2D eigenvalue weighted by atomic mass is 79.9. The second-order valence-electron chi connectivity index (χ2n) is 5.01. The van der Waals surface area contributed by atoms with Crippen LogP contribution in [0, 0.1) is 5.92 Å². The van der Waals surface area contributed by atoms with Crippen molar-refractivity contribution in [3.8, 4) is 0 Å². The number of aldehydes is 1. The Morgan fingerprint density at radius 2 is 2.05 bits per heavy atom. The number of hydrogen-bond donors (Lipinski definition) is 0. The molecule has 1 aliphatic heterocycles. The minimum absolute atomic E-state index is 0.0129. The van der Waals surface area contributed by atoms with Gasteiger partial charge in [0.2, 0.25) is 0 Å². The molecule has 4 heteroatoms. The Morgan fingerprint density at radius 1 is 1.32 bits per heavy atom. The van der Waals surface area contributed by atoms with E-state index in [1.54, 1.807) is 0 Å². The lowest BCUT2D eigenvalue weighted by atomic mass is 10.00. The zero-order chi connectivity index (χ0) is 13.8. The minimum Gasteiger partial charge on any atom is -0.375 e. The molecule has 0 aliphatic carbocycles. The van der Waals surface area contributed by atoms with Crippen molar-refractivity contribution in [2.75, 3.05) is 6.61 Å². The first-order valence-corrected chi connectivity index (χ1v) is 7.37. The molecule has 1 heterocycles. The molecule has 1 aromatic rings. The maximum atomic E-state index is 11.1. The average molecular weight is 327 g/mol. The highest BCUT2D eigenvalue weighted by Gasteiger charge is 2.31. The van der Waals surface area contributed by atoms with Gasteiger partial charge in [-0.25, -0.2) is 0 Å². The summed E-state index contributed by atoms with van der Waals surface area (Å²) in [5, 5.41) is 0. The summed E-state index contributed by atoms with van der Waals surface area (Å²) in [6.07, 6.45) is 1.51. The first kappa shape index (κ1) is 14.7. The highest BCUT2D eigenvalue weighted by molar-refractivity contribution is 9.10. The van der Waals surface area contributed by atoms with E-state index >= 15 is 0 Å². The van der Waals surface area contributed by atoms with Gasteiger partial charge in [0.1, 0.15) is 6.29 Å². The SMILES string of the molecule is CC1OCC(Cc2ccccc2Br)OC(C)C1C=O. The Kier molecular flexibility index (Phi) is 5.13. The second kappa shape index (κ2) is 6.64. The zero-order valence-electron chi connectivity index (χ0n) is 11.2. The van der Waals surface area contributed by atoms with Gasteiger partial charge in [-0.3, -0.25) is 0 Å². The summed E-state index contributed by atoms with van der Waals surface area (Å²) < 4.78 is 12.8. The van der Waals surface area contributed by atoms with Crippen molar-refractivity contribution in [3.63, 3.8) is 0 Å². The number of halogens is 1. The summed E-state index contributed by atoms with van der Waals surface area (Å²) in [5.41, 5.74) is 1.19. The Balaban J connectivity index is 2.06. The third-order valence-electron chi connectivity index (χ3n) is 3.60. The van der Waals surface area contributed by atoms with Gasteiger partial charge in [0.05, 0.1) is 30.8 Å². The third-order valence-corrected chi connectivity index (χ3v) is 4.37. The van der Waals surface area contributed by atoms with Crippen molar-refractivity contribution in [1.29, 1.82) is 0 Å². The number of carbonyl (C=O) groups is 1. The predicted octanol–water partition coefficient (Wildman–Crippen LogP) is 3.00. The molecule has 104 valence electrons. The molecule has 4 unspecified atom stereocenters. The van der Waals surface area contributed by atoms with E-state index in [1.165, 1.54) is 5.56 Å². The molecular formula is C15H19BrO3. The van der Waals surface area contributed by atoms with E-state index in [2.05, 4.69) is 22.0 Å². The van der Waals surface area contributed by atoms with Crippen molar-refractivity contribution in [3.05, 3.63) is 34.3 Å². The van der Waals surface area contributed by atoms with E-state index in [4.69, 9.17) is 9.47 Å². The molecule has 2 rings (SSSR count). The molecular weight excluding hydrogens is 308 g/mol. The summed E-state index contributed by atoms with van der Waals surface area (Å²) in [6, 6.07) is 8.10. The molecule has 0 aromatic heterocycles. The van der Waals surface area contributed by atoms with E-state index in [9.17, 15) is 4.79 Å². The van der Waals surface area contributed by atoms with Crippen LogP contribution in [-0.4, -0.2) is 31.2 Å². The van der Waals surface area contributed by atoms with E-state index in [-0.39, 0.29) is 24.2 Å². The third kappa shape index (κ3) is 3.65. The normalized spacial score (nSPS) is 31.7. The Labute approximate surface area is 122 Å². The largest absolute Gasteiger partial charge is 0.375 e. The maximum absolute atomic E-state index is 11.1. The summed E-state index contributed by atoms with van der Waals surface area (Å²) in [5.74, 6) is -0.191. The van der Waals surface area contributed by atoms with Gasteiger partial charge in [0, 0.05) is 10.9 Å². The number of carbonyl (C=O) groups excluding carboxylic acids is 1. The smallest absolute Gasteiger partial charge is 0.128 e. The Bertz CT molecular complexity index is 435. The molecule has 0 radical (unpaired) electrons. The topological polar surface area (TPSA) is 35.5 Å². The monoisotopic (exact) mass is 326 g/mol. The molecule has 1 aliphatic rings. The van der Waals surface area contributed by atoms with Gasteiger partial charge in [-0.2, -0.15) is 0 Å². The second-order valence-corrected chi connectivity index (χ2v) is 5.86. The van der Waals surface area contributed by atoms with Crippen LogP contribution >= 0.6 is 15.9 Å². The van der Waals surface area contributed by atoms with Crippen molar-refractivity contribution in [2.24, 2.45) is 5.92 Å². The molecule has 1 aromatic carbocycles. The minimum atomic E-state index is -0.191.